The Morgan fingerprint density at radius 2 is 2.00 bits per heavy atom. The molecule has 4 heteroatoms. The predicted molar refractivity (Wildman–Crippen MR) is 88.1 cm³/mol. The molecule has 0 saturated carbocycles. The van der Waals surface area contributed by atoms with Crippen molar-refractivity contribution in [2.75, 3.05) is 25.4 Å². The molecule has 0 amide bonds. The van der Waals surface area contributed by atoms with Crippen LogP contribution in [0.5, 0.6) is 0 Å². The molecule has 0 fully saturated rings. The highest BCUT2D eigenvalue weighted by Gasteiger charge is 2.07. The molecular weight excluding hydrogens is 268 g/mol. The molecule has 2 N–H and O–H groups in total. The third-order valence-electron chi connectivity index (χ3n) is 3.44. The Morgan fingerprint density at radius 1 is 1.20 bits per heavy atom. The van der Waals surface area contributed by atoms with Crippen LogP contribution in [0.2, 0.25) is 0 Å². The van der Waals surface area contributed by atoms with Gasteiger partial charge in [-0.15, -0.1) is 0 Å². The molecule has 0 aliphatic carbocycles. The van der Waals surface area contributed by atoms with Gasteiger partial charge in [-0.2, -0.15) is 11.8 Å². The molecule has 110 valence electrons. The van der Waals surface area contributed by atoms with E-state index in [1.54, 1.807) is 0 Å². The number of hydrogen-bond donors (Lipinski definition) is 1. The minimum absolute atomic E-state index is 0.721. The minimum Gasteiger partial charge on any atom is -0.460 e. The van der Waals surface area contributed by atoms with E-state index >= 15 is 0 Å². The maximum absolute atomic E-state index is 5.92. The van der Waals surface area contributed by atoms with Gasteiger partial charge < -0.3 is 10.2 Å². The van der Waals surface area contributed by atoms with Crippen LogP contribution < -0.4 is 5.73 Å². The summed E-state index contributed by atoms with van der Waals surface area (Å²) in [5.41, 5.74) is 7.82. The Labute approximate surface area is 125 Å². The number of fused-ring (bicyclic) bond motifs is 1. The number of benzene rings is 1. The summed E-state index contributed by atoms with van der Waals surface area (Å²) in [6.07, 6.45) is 0. The predicted octanol–water partition coefficient (Wildman–Crippen LogP) is 3.47. The maximum atomic E-state index is 5.92. The smallest absolute Gasteiger partial charge is 0.134 e. The first kappa shape index (κ1) is 15.4. The van der Waals surface area contributed by atoms with Gasteiger partial charge in [0.05, 0.1) is 5.75 Å². The number of furan rings is 1. The molecule has 1 aromatic carbocycles. The molecule has 1 aromatic heterocycles. The zero-order chi connectivity index (χ0) is 14.4. The van der Waals surface area contributed by atoms with Crippen molar-refractivity contribution in [1.82, 2.24) is 4.90 Å². The summed E-state index contributed by atoms with van der Waals surface area (Å²) >= 11 is 1.82. The number of hydrogen-bond acceptors (Lipinski definition) is 4. The molecule has 0 radical (unpaired) electrons. The van der Waals surface area contributed by atoms with Gasteiger partial charge in [0.15, 0.2) is 0 Å². The summed E-state index contributed by atoms with van der Waals surface area (Å²) in [6, 6.07) is 8.67. The fraction of sp³-hybridized carbons (Fsp3) is 0.500. The van der Waals surface area contributed by atoms with Crippen molar-refractivity contribution < 1.29 is 4.42 Å². The first-order chi connectivity index (χ1) is 9.76. The molecule has 20 heavy (non-hydrogen) atoms. The second-order valence-electron chi connectivity index (χ2n) is 4.89. The first-order valence-electron chi connectivity index (χ1n) is 7.28. The van der Waals surface area contributed by atoms with Crippen LogP contribution in [-0.2, 0) is 12.3 Å². The van der Waals surface area contributed by atoms with Crippen LogP contribution in [0.25, 0.3) is 11.0 Å². The van der Waals surface area contributed by atoms with Gasteiger partial charge >= 0.3 is 0 Å². The van der Waals surface area contributed by atoms with Gasteiger partial charge in [-0.3, -0.25) is 4.90 Å². The Kier molecular flexibility index (Phi) is 5.95. The van der Waals surface area contributed by atoms with Gasteiger partial charge in [0.2, 0.25) is 0 Å². The Morgan fingerprint density at radius 3 is 2.70 bits per heavy atom. The van der Waals surface area contributed by atoms with Crippen molar-refractivity contribution >= 4 is 22.7 Å². The summed E-state index contributed by atoms with van der Waals surface area (Å²) in [6.45, 7) is 8.25. The molecule has 1 heterocycles. The maximum Gasteiger partial charge on any atom is 0.134 e. The average molecular weight is 292 g/mol. The lowest BCUT2D eigenvalue weighted by Crippen LogP contribution is -2.21. The van der Waals surface area contributed by atoms with E-state index in [9.17, 15) is 0 Å². The van der Waals surface area contributed by atoms with E-state index in [2.05, 4.69) is 43.0 Å². The van der Waals surface area contributed by atoms with Crippen LogP contribution in [0.3, 0.4) is 0 Å². The van der Waals surface area contributed by atoms with Crippen molar-refractivity contribution in [3.05, 3.63) is 35.6 Å². The molecule has 0 saturated heterocycles. The van der Waals surface area contributed by atoms with Crippen LogP contribution in [-0.4, -0.2) is 30.3 Å². The SMILES string of the molecule is CCN(CC)Cc1ccc2cc(CSCCN)oc2c1. The van der Waals surface area contributed by atoms with Gasteiger partial charge in [-0.1, -0.05) is 26.0 Å². The molecule has 2 rings (SSSR count). The Hall–Kier alpha value is -0.970. The zero-order valence-corrected chi connectivity index (χ0v) is 13.2. The van der Waals surface area contributed by atoms with Crippen LogP contribution in [0.15, 0.2) is 28.7 Å². The Bertz CT molecular complexity index is 534. The van der Waals surface area contributed by atoms with Crippen LogP contribution in [0.4, 0.5) is 0 Å². The van der Waals surface area contributed by atoms with E-state index in [4.69, 9.17) is 10.2 Å². The standard InChI is InChI=1S/C16H24N2OS/c1-3-18(4-2)11-13-5-6-14-10-15(12-20-8-7-17)19-16(14)9-13/h5-6,9-10H,3-4,7-8,11-12,17H2,1-2H3. The Balaban J connectivity index is 2.08. The fourth-order valence-corrected chi connectivity index (χ4v) is 2.92. The first-order valence-corrected chi connectivity index (χ1v) is 8.43. The largest absolute Gasteiger partial charge is 0.460 e. The molecule has 0 atom stereocenters. The second kappa shape index (κ2) is 7.72. The highest BCUT2D eigenvalue weighted by Crippen LogP contribution is 2.24. The van der Waals surface area contributed by atoms with Crippen LogP contribution in [0.1, 0.15) is 25.2 Å². The number of nitrogens with two attached hydrogens (primary N) is 1. The van der Waals surface area contributed by atoms with Crippen LogP contribution in [0, 0.1) is 0 Å². The third-order valence-corrected chi connectivity index (χ3v) is 4.46. The van der Waals surface area contributed by atoms with E-state index in [0.29, 0.717) is 0 Å². The summed E-state index contributed by atoms with van der Waals surface area (Å²) in [5, 5.41) is 1.19. The average Bonchev–Trinajstić information content (AvgIpc) is 2.87. The lowest BCUT2D eigenvalue weighted by atomic mass is 10.1. The van der Waals surface area contributed by atoms with Crippen molar-refractivity contribution in [1.29, 1.82) is 0 Å². The van der Waals surface area contributed by atoms with Crippen molar-refractivity contribution in [2.24, 2.45) is 5.73 Å². The number of nitrogens with zero attached hydrogens (tertiary/aromatic N) is 1. The van der Waals surface area contributed by atoms with Gasteiger partial charge in [0.25, 0.3) is 0 Å². The monoisotopic (exact) mass is 292 g/mol. The highest BCUT2D eigenvalue weighted by molar-refractivity contribution is 7.98. The molecule has 3 nitrogen and oxygen atoms in total. The van der Waals surface area contributed by atoms with Crippen molar-refractivity contribution in [2.45, 2.75) is 26.1 Å². The summed E-state index contributed by atoms with van der Waals surface area (Å²) in [7, 11) is 0. The van der Waals surface area contributed by atoms with Crippen molar-refractivity contribution in [3.63, 3.8) is 0 Å². The highest BCUT2D eigenvalue weighted by atomic mass is 32.2. The quantitative estimate of drug-likeness (QED) is 0.757. The van der Waals surface area contributed by atoms with E-state index in [-0.39, 0.29) is 0 Å². The summed E-state index contributed by atoms with van der Waals surface area (Å²) < 4.78 is 5.92. The molecule has 2 aromatic rings. The summed E-state index contributed by atoms with van der Waals surface area (Å²) in [4.78, 5) is 2.40. The lowest BCUT2D eigenvalue weighted by molar-refractivity contribution is 0.296. The zero-order valence-electron chi connectivity index (χ0n) is 12.4. The second-order valence-corrected chi connectivity index (χ2v) is 5.99. The number of thioether (sulfide) groups is 1. The van der Waals surface area contributed by atoms with Gasteiger partial charge in [-0.25, -0.2) is 0 Å². The molecule has 0 spiro atoms. The third kappa shape index (κ3) is 4.01. The van der Waals surface area contributed by atoms with Crippen molar-refractivity contribution in [3.8, 4) is 0 Å². The molecule has 0 unspecified atom stereocenters. The normalized spacial score (nSPS) is 11.6. The lowest BCUT2D eigenvalue weighted by Gasteiger charge is -2.17. The van der Waals surface area contributed by atoms with Crippen LogP contribution >= 0.6 is 11.8 Å². The molecule has 0 aliphatic heterocycles. The van der Waals surface area contributed by atoms with Gasteiger partial charge in [0, 0.05) is 24.2 Å². The van der Waals surface area contributed by atoms with E-state index in [1.807, 2.05) is 11.8 Å². The van der Waals surface area contributed by atoms with E-state index in [1.165, 1.54) is 10.9 Å². The minimum atomic E-state index is 0.721. The van der Waals surface area contributed by atoms with Gasteiger partial charge in [0.1, 0.15) is 11.3 Å². The molecule has 0 bridgehead atoms. The molecular formula is C16H24N2OS. The fourth-order valence-electron chi connectivity index (χ4n) is 2.26. The van der Waals surface area contributed by atoms with E-state index in [0.717, 1.165) is 49.0 Å². The molecule has 0 aliphatic rings. The number of rotatable bonds is 8. The summed E-state index contributed by atoms with van der Waals surface area (Å²) in [5.74, 6) is 2.92. The topological polar surface area (TPSA) is 42.4 Å². The van der Waals surface area contributed by atoms with Gasteiger partial charge in [-0.05, 0) is 30.8 Å². The van der Waals surface area contributed by atoms with E-state index < -0.39 is 0 Å².